The fraction of sp³-hybridized carbons (Fsp3) is 0.867. The summed E-state index contributed by atoms with van der Waals surface area (Å²) in [6.07, 6.45) is -13.1. The van der Waals surface area contributed by atoms with Crippen LogP contribution in [0.1, 0.15) is 13.8 Å². The maximum atomic E-state index is 10.4. The van der Waals surface area contributed by atoms with Gasteiger partial charge in [0, 0.05) is 0 Å². The predicted octanol–water partition coefficient (Wildman–Crippen LogP) is -3.54. The molecule has 2 aliphatic rings. The Kier molecular flexibility index (Phi) is 6.62. The molecule has 0 unspecified atom stereocenters. The number of hydrogen-bond acceptors (Lipinski definition) is 11. The highest BCUT2D eigenvalue weighted by molar-refractivity contribution is 5.19. The van der Waals surface area contributed by atoms with Crippen LogP contribution in [0.5, 0.6) is 0 Å². The third-order valence-corrected chi connectivity index (χ3v) is 4.54. The molecule has 0 spiro atoms. The van der Waals surface area contributed by atoms with Crippen molar-refractivity contribution in [2.24, 2.45) is 0 Å². The molecule has 0 bridgehead atoms. The van der Waals surface area contributed by atoms with E-state index in [1.54, 1.807) is 0 Å². The largest absolute Gasteiger partial charge is 0.507 e. The fourth-order valence-corrected chi connectivity index (χ4v) is 2.97. The fourth-order valence-electron chi connectivity index (χ4n) is 2.97. The molecule has 0 radical (unpaired) electrons. The minimum Gasteiger partial charge on any atom is -0.507 e. The summed E-state index contributed by atoms with van der Waals surface area (Å²) in [4.78, 5) is 0. The van der Waals surface area contributed by atoms with Crippen molar-refractivity contribution in [3.05, 3.63) is 11.3 Å². The van der Waals surface area contributed by atoms with E-state index in [1.807, 2.05) is 0 Å². The van der Waals surface area contributed by atoms with Crippen molar-refractivity contribution >= 4 is 0 Å². The van der Waals surface area contributed by atoms with Gasteiger partial charge in [0.15, 0.2) is 12.0 Å². The highest BCUT2D eigenvalue weighted by atomic mass is 16.8. The molecule has 2 saturated heterocycles. The first-order chi connectivity index (χ1) is 12.1. The van der Waals surface area contributed by atoms with Crippen LogP contribution < -0.4 is 0 Å². The van der Waals surface area contributed by atoms with Gasteiger partial charge >= 0.3 is 0 Å². The predicted molar refractivity (Wildman–Crippen MR) is 82.6 cm³/mol. The van der Waals surface area contributed by atoms with Gasteiger partial charge in [0.2, 0.25) is 0 Å². The Morgan fingerprint density at radius 3 is 1.92 bits per heavy atom. The number of aliphatic hydroxyl groups excluding tert-OH is 8. The van der Waals surface area contributed by atoms with Crippen molar-refractivity contribution in [2.75, 3.05) is 13.2 Å². The van der Waals surface area contributed by atoms with Crippen LogP contribution in [0.2, 0.25) is 0 Å². The van der Waals surface area contributed by atoms with Gasteiger partial charge in [-0.1, -0.05) is 0 Å². The highest BCUT2D eigenvalue weighted by Gasteiger charge is 2.61. The molecule has 8 N–H and O–H groups in total. The van der Waals surface area contributed by atoms with E-state index in [9.17, 15) is 40.9 Å². The standard InChI is InChI=1S/C15H26O11/c1-5(2)12(22)15(13(23)9(19)7(4-17)25-15)26-14-11(21)10(20)8(18)6(3-16)24-14/h6-11,13-14,16-23H,3-4H2,1-2H3/t6-,7-,8-,9-,10+,11-,13+,14-,15+/m1/s1. The van der Waals surface area contributed by atoms with Gasteiger partial charge in [-0.2, -0.15) is 0 Å². The third-order valence-electron chi connectivity index (χ3n) is 4.54. The molecule has 0 aromatic rings. The molecule has 2 rings (SSSR count). The second kappa shape index (κ2) is 8.02. The lowest BCUT2D eigenvalue weighted by atomic mass is 9.98. The van der Waals surface area contributed by atoms with Crippen molar-refractivity contribution in [2.45, 2.75) is 68.7 Å². The summed E-state index contributed by atoms with van der Waals surface area (Å²) in [5.74, 6) is -3.03. The Bertz CT molecular complexity index is 520. The monoisotopic (exact) mass is 382 g/mol. The summed E-state index contributed by atoms with van der Waals surface area (Å²) < 4.78 is 16.0. The Morgan fingerprint density at radius 1 is 0.885 bits per heavy atom. The van der Waals surface area contributed by atoms with Gasteiger partial charge in [0.1, 0.15) is 42.7 Å². The molecule has 0 aromatic carbocycles. The van der Waals surface area contributed by atoms with Crippen molar-refractivity contribution in [3.8, 4) is 0 Å². The highest BCUT2D eigenvalue weighted by Crippen LogP contribution is 2.41. The average molecular weight is 382 g/mol. The molecular formula is C15H26O11. The lowest BCUT2D eigenvalue weighted by Gasteiger charge is -2.43. The summed E-state index contributed by atoms with van der Waals surface area (Å²) in [7, 11) is 0. The van der Waals surface area contributed by atoms with Crippen LogP contribution in [0.15, 0.2) is 11.3 Å². The van der Waals surface area contributed by atoms with E-state index in [4.69, 9.17) is 14.2 Å². The first-order valence-electron chi connectivity index (χ1n) is 8.10. The molecular weight excluding hydrogens is 356 g/mol. The Labute approximate surface area is 149 Å². The van der Waals surface area contributed by atoms with Gasteiger partial charge in [0.05, 0.1) is 13.2 Å². The minimum absolute atomic E-state index is 0.236. The van der Waals surface area contributed by atoms with E-state index >= 15 is 0 Å². The maximum Gasteiger partial charge on any atom is 0.259 e. The number of hydrogen-bond donors (Lipinski definition) is 8. The van der Waals surface area contributed by atoms with Crippen LogP contribution in [0.25, 0.3) is 0 Å². The molecule has 2 fully saturated rings. The zero-order chi connectivity index (χ0) is 19.8. The molecule has 2 aliphatic heterocycles. The van der Waals surface area contributed by atoms with Gasteiger partial charge in [-0.25, -0.2) is 0 Å². The molecule has 0 aromatic heterocycles. The van der Waals surface area contributed by atoms with E-state index in [-0.39, 0.29) is 5.57 Å². The van der Waals surface area contributed by atoms with Crippen LogP contribution in [0.4, 0.5) is 0 Å². The van der Waals surface area contributed by atoms with Crippen LogP contribution in [-0.4, -0.2) is 109 Å². The lowest BCUT2D eigenvalue weighted by Crippen LogP contribution is -2.62. The zero-order valence-electron chi connectivity index (χ0n) is 14.3. The van der Waals surface area contributed by atoms with Crippen LogP contribution in [0, 0.1) is 0 Å². The first kappa shape index (κ1) is 21.4. The normalized spacial score (nSPS) is 46.3. The smallest absolute Gasteiger partial charge is 0.259 e. The molecule has 11 nitrogen and oxygen atoms in total. The molecule has 152 valence electrons. The van der Waals surface area contributed by atoms with E-state index in [1.165, 1.54) is 13.8 Å². The van der Waals surface area contributed by atoms with Gasteiger partial charge in [-0.05, 0) is 19.4 Å². The first-order valence-corrected chi connectivity index (χ1v) is 8.10. The van der Waals surface area contributed by atoms with Crippen molar-refractivity contribution < 1.29 is 55.1 Å². The van der Waals surface area contributed by atoms with Crippen LogP contribution in [-0.2, 0) is 14.2 Å². The summed E-state index contributed by atoms with van der Waals surface area (Å²) >= 11 is 0. The lowest BCUT2D eigenvalue weighted by molar-refractivity contribution is -0.373. The van der Waals surface area contributed by atoms with E-state index < -0.39 is 73.8 Å². The number of rotatable bonds is 5. The van der Waals surface area contributed by atoms with Crippen molar-refractivity contribution in [1.82, 2.24) is 0 Å². The molecule has 2 heterocycles. The van der Waals surface area contributed by atoms with Crippen LogP contribution >= 0.6 is 0 Å². The summed E-state index contributed by atoms with van der Waals surface area (Å²) in [6, 6.07) is 0. The Morgan fingerprint density at radius 2 is 1.46 bits per heavy atom. The van der Waals surface area contributed by atoms with Gasteiger partial charge in [0.25, 0.3) is 5.79 Å². The quantitative estimate of drug-likeness (QED) is 0.220. The Balaban J connectivity index is 2.38. The SMILES string of the molecule is CC(C)=C(O)[C@@]1(O[C@H]2O[C@H](CO)[C@@H](O)[C@H](O)[C@H]2O)O[C@H](CO)[C@@H](O)[C@@H]1O. The third kappa shape index (κ3) is 3.47. The van der Waals surface area contributed by atoms with E-state index in [2.05, 4.69) is 0 Å². The van der Waals surface area contributed by atoms with Crippen LogP contribution in [0.3, 0.4) is 0 Å². The van der Waals surface area contributed by atoms with Gasteiger partial charge in [-0.15, -0.1) is 0 Å². The maximum absolute atomic E-state index is 10.4. The number of allylic oxidation sites excluding steroid dienone is 1. The zero-order valence-corrected chi connectivity index (χ0v) is 14.3. The molecule has 9 atom stereocenters. The minimum atomic E-state index is -2.40. The Hall–Kier alpha value is -0.860. The molecule has 26 heavy (non-hydrogen) atoms. The molecule has 0 saturated carbocycles. The number of aliphatic hydroxyl groups is 8. The van der Waals surface area contributed by atoms with Gasteiger partial charge in [-0.3, -0.25) is 0 Å². The van der Waals surface area contributed by atoms with Crippen molar-refractivity contribution in [3.63, 3.8) is 0 Å². The van der Waals surface area contributed by atoms with E-state index in [0.717, 1.165) is 0 Å². The summed E-state index contributed by atoms with van der Waals surface area (Å²) in [6.45, 7) is 1.51. The number of ether oxygens (including phenoxy) is 3. The average Bonchev–Trinajstić information content (AvgIpc) is 2.86. The van der Waals surface area contributed by atoms with E-state index in [0.29, 0.717) is 0 Å². The summed E-state index contributed by atoms with van der Waals surface area (Å²) in [5, 5.41) is 79.1. The molecule has 0 amide bonds. The molecule has 0 aliphatic carbocycles. The second-order valence-electron chi connectivity index (χ2n) is 6.61. The molecule has 11 heteroatoms. The summed E-state index contributed by atoms with van der Waals surface area (Å²) in [5.41, 5.74) is 0.236. The second-order valence-corrected chi connectivity index (χ2v) is 6.61. The topological polar surface area (TPSA) is 190 Å². The van der Waals surface area contributed by atoms with Gasteiger partial charge < -0.3 is 55.1 Å². The van der Waals surface area contributed by atoms with Crippen molar-refractivity contribution in [1.29, 1.82) is 0 Å².